The Morgan fingerprint density at radius 1 is 1.21 bits per heavy atom. The van der Waals surface area contributed by atoms with Gasteiger partial charge in [-0.05, 0) is 6.08 Å². The van der Waals surface area contributed by atoms with Gasteiger partial charge in [-0.15, -0.1) is 0 Å². The Balaban J connectivity index is 1.66. The van der Waals surface area contributed by atoms with Crippen molar-refractivity contribution >= 4 is 28.9 Å². The second-order valence-electron chi connectivity index (χ2n) is 6.34. The fourth-order valence-corrected chi connectivity index (χ4v) is 2.91. The van der Waals surface area contributed by atoms with Gasteiger partial charge in [-0.3, -0.25) is 9.59 Å². The summed E-state index contributed by atoms with van der Waals surface area (Å²) in [6, 6.07) is 6.71. The largest absolute Gasteiger partial charge is 0.366 e. The summed E-state index contributed by atoms with van der Waals surface area (Å²) in [7, 11) is 1.56. The van der Waals surface area contributed by atoms with Crippen LogP contribution in [0.15, 0.2) is 48.9 Å². The van der Waals surface area contributed by atoms with Crippen LogP contribution in [-0.2, 0) is 11.8 Å². The maximum absolute atomic E-state index is 13.2. The molecule has 0 saturated heterocycles. The Kier molecular flexibility index (Phi) is 4.47. The number of ketones is 1. The first-order valence-electron chi connectivity index (χ1n) is 8.58. The maximum Gasteiger partial charge on any atom is 0.241 e. The molecule has 3 N–H and O–H groups in total. The molecule has 0 atom stereocenters. The highest BCUT2D eigenvalue weighted by molar-refractivity contribution is 6.06. The van der Waals surface area contributed by atoms with Crippen LogP contribution in [0.25, 0.3) is 28.5 Å². The molecule has 0 fully saturated rings. The molecule has 29 heavy (non-hydrogen) atoms. The summed E-state index contributed by atoms with van der Waals surface area (Å²) >= 11 is 0. The van der Waals surface area contributed by atoms with Crippen LogP contribution in [0.1, 0.15) is 21.7 Å². The number of primary amides is 1. The van der Waals surface area contributed by atoms with E-state index in [1.54, 1.807) is 49.8 Å². The van der Waals surface area contributed by atoms with E-state index in [1.165, 1.54) is 10.6 Å². The van der Waals surface area contributed by atoms with Crippen molar-refractivity contribution in [2.75, 3.05) is 0 Å². The van der Waals surface area contributed by atoms with Crippen LogP contribution in [0.5, 0.6) is 0 Å². The average Bonchev–Trinajstić information content (AvgIpc) is 3.27. The third kappa shape index (κ3) is 3.53. The minimum Gasteiger partial charge on any atom is -0.366 e. The number of H-pyrrole nitrogens is 1. The number of hydrogen-bond acceptors (Lipinski definition) is 5. The third-order valence-electron chi connectivity index (χ3n) is 4.33. The number of imidazole rings is 1. The van der Waals surface area contributed by atoms with Crippen molar-refractivity contribution in [2.24, 2.45) is 12.8 Å². The molecule has 3 aromatic heterocycles. The number of aryl methyl sites for hydroxylation is 1. The van der Waals surface area contributed by atoms with Gasteiger partial charge in [0, 0.05) is 36.0 Å². The lowest BCUT2D eigenvalue weighted by Crippen LogP contribution is -2.08. The first-order chi connectivity index (χ1) is 13.9. The molecule has 3 heterocycles. The molecule has 8 nitrogen and oxygen atoms in total. The first-order valence-corrected chi connectivity index (χ1v) is 8.58. The Morgan fingerprint density at radius 2 is 1.97 bits per heavy atom. The molecule has 9 heteroatoms. The number of nitrogens with two attached hydrogens (primary N) is 1. The lowest BCUT2D eigenvalue weighted by Gasteiger charge is -2.04. The molecule has 1 aromatic carbocycles. The molecule has 144 valence electrons. The van der Waals surface area contributed by atoms with Crippen molar-refractivity contribution in [2.45, 2.75) is 0 Å². The number of halogens is 1. The Bertz CT molecular complexity index is 1270. The lowest BCUT2D eigenvalue weighted by molar-refractivity contribution is -0.113. The molecule has 0 aliphatic rings. The summed E-state index contributed by atoms with van der Waals surface area (Å²) in [6.07, 6.45) is 7.24. The van der Waals surface area contributed by atoms with Crippen LogP contribution in [0.4, 0.5) is 4.39 Å². The van der Waals surface area contributed by atoms with E-state index in [0.29, 0.717) is 28.0 Å². The SMILES string of the molecule is Cn1cc(F)nc1C(=O)c1ccc(-c2cnc3[nH]cc(/C=C/C(N)=O)c3n2)cc1. The summed E-state index contributed by atoms with van der Waals surface area (Å²) in [6.45, 7) is 0. The van der Waals surface area contributed by atoms with Gasteiger partial charge in [-0.25, -0.2) is 9.97 Å². The Hall–Kier alpha value is -4.14. The average molecular weight is 390 g/mol. The molecule has 0 aliphatic carbocycles. The Labute approximate surface area is 163 Å². The van der Waals surface area contributed by atoms with E-state index in [-0.39, 0.29) is 11.6 Å². The number of benzene rings is 1. The fourth-order valence-electron chi connectivity index (χ4n) is 2.91. The zero-order valence-electron chi connectivity index (χ0n) is 15.3. The van der Waals surface area contributed by atoms with E-state index in [0.717, 1.165) is 11.8 Å². The molecule has 1 amide bonds. The first kappa shape index (κ1) is 18.2. The van der Waals surface area contributed by atoms with Gasteiger partial charge in [-0.1, -0.05) is 24.3 Å². The molecule has 0 bridgehead atoms. The van der Waals surface area contributed by atoms with Gasteiger partial charge in [0.2, 0.25) is 17.6 Å². The topological polar surface area (TPSA) is 120 Å². The number of carbonyl (C=O) groups is 2. The van der Waals surface area contributed by atoms with Crippen LogP contribution in [-0.4, -0.2) is 36.2 Å². The molecular weight excluding hydrogens is 375 g/mol. The minimum atomic E-state index is -0.705. The van der Waals surface area contributed by atoms with E-state index < -0.39 is 11.9 Å². The number of carbonyl (C=O) groups excluding carboxylic acids is 2. The summed E-state index contributed by atoms with van der Waals surface area (Å²) < 4.78 is 14.6. The number of amides is 1. The number of fused-ring (bicyclic) bond motifs is 1. The van der Waals surface area contributed by atoms with Crippen LogP contribution in [0.2, 0.25) is 0 Å². The molecule has 4 rings (SSSR count). The lowest BCUT2D eigenvalue weighted by atomic mass is 10.1. The number of aromatic nitrogens is 5. The number of nitrogens with zero attached hydrogens (tertiary/aromatic N) is 4. The van der Waals surface area contributed by atoms with Gasteiger partial charge in [0.25, 0.3) is 0 Å². The van der Waals surface area contributed by atoms with Gasteiger partial charge < -0.3 is 15.3 Å². The monoisotopic (exact) mass is 390 g/mol. The second kappa shape index (κ2) is 7.12. The zero-order chi connectivity index (χ0) is 20.5. The van der Waals surface area contributed by atoms with Crippen molar-refractivity contribution in [1.29, 1.82) is 0 Å². The number of nitrogens with one attached hydrogen (secondary N) is 1. The standard InChI is InChI=1S/C20H15FN6O2/c1-27-10-15(21)26-20(27)18(29)12-4-2-11(3-5-12)14-9-24-19-17(25-14)13(8-23-19)6-7-16(22)28/h2-10H,1H3,(H2,22,28)(H,23,24)/b7-6+. The molecule has 0 spiro atoms. The normalized spacial score (nSPS) is 11.4. The highest BCUT2D eigenvalue weighted by atomic mass is 19.1. The maximum atomic E-state index is 13.2. The van der Waals surface area contributed by atoms with E-state index in [2.05, 4.69) is 19.9 Å². The summed E-state index contributed by atoms with van der Waals surface area (Å²) in [5.41, 5.74) is 8.69. The Morgan fingerprint density at radius 3 is 2.62 bits per heavy atom. The quantitative estimate of drug-likeness (QED) is 0.400. The molecule has 0 saturated carbocycles. The highest BCUT2D eigenvalue weighted by Gasteiger charge is 2.16. The predicted octanol–water partition coefficient (Wildman–Crippen LogP) is 2.23. The minimum absolute atomic E-state index is 0.0228. The zero-order valence-corrected chi connectivity index (χ0v) is 15.3. The van der Waals surface area contributed by atoms with E-state index >= 15 is 0 Å². The van der Waals surface area contributed by atoms with Gasteiger partial charge in [0.15, 0.2) is 11.5 Å². The van der Waals surface area contributed by atoms with Crippen LogP contribution < -0.4 is 5.73 Å². The molecule has 0 unspecified atom stereocenters. The summed E-state index contributed by atoms with van der Waals surface area (Å²) in [5.74, 6) is -1.62. The van der Waals surface area contributed by atoms with Crippen molar-refractivity contribution < 1.29 is 14.0 Å². The molecule has 0 aliphatic heterocycles. The van der Waals surface area contributed by atoms with Gasteiger partial charge in [0.1, 0.15) is 5.52 Å². The summed E-state index contributed by atoms with van der Waals surface area (Å²) in [5, 5.41) is 0. The van der Waals surface area contributed by atoms with Gasteiger partial charge >= 0.3 is 0 Å². The fraction of sp³-hybridized carbons (Fsp3) is 0.0500. The van der Waals surface area contributed by atoms with E-state index in [4.69, 9.17) is 5.73 Å². The van der Waals surface area contributed by atoms with E-state index in [1.807, 2.05) is 0 Å². The molecule has 0 radical (unpaired) electrons. The van der Waals surface area contributed by atoms with Gasteiger partial charge in [-0.2, -0.15) is 9.37 Å². The molecular formula is C20H15FN6O2. The van der Waals surface area contributed by atoms with Crippen molar-refractivity contribution in [3.63, 3.8) is 0 Å². The number of aromatic amines is 1. The van der Waals surface area contributed by atoms with E-state index in [9.17, 15) is 14.0 Å². The van der Waals surface area contributed by atoms with Crippen molar-refractivity contribution in [1.82, 2.24) is 24.5 Å². The van der Waals surface area contributed by atoms with Crippen LogP contribution in [0.3, 0.4) is 0 Å². The molecule has 4 aromatic rings. The van der Waals surface area contributed by atoms with Crippen molar-refractivity contribution in [3.8, 4) is 11.3 Å². The second-order valence-corrected chi connectivity index (χ2v) is 6.34. The third-order valence-corrected chi connectivity index (χ3v) is 4.33. The van der Waals surface area contributed by atoms with Crippen LogP contribution >= 0.6 is 0 Å². The smallest absolute Gasteiger partial charge is 0.241 e. The highest BCUT2D eigenvalue weighted by Crippen LogP contribution is 2.23. The number of rotatable bonds is 5. The van der Waals surface area contributed by atoms with Crippen LogP contribution in [0, 0.1) is 5.95 Å². The van der Waals surface area contributed by atoms with Crippen molar-refractivity contribution in [3.05, 3.63) is 71.8 Å². The number of hydrogen-bond donors (Lipinski definition) is 2. The van der Waals surface area contributed by atoms with Gasteiger partial charge in [0.05, 0.1) is 18.1 Å². The summed E-state index contributed by atoms with van der Waals surface area (Å²) in [4.78, 5) is 39.0. The predicted molar refractivity (Wildman–Crippen MR) is 104 cm³/mol.